The molecule has 0 saturated heterocycles. The van der Waals surface area contributed by atoms with Crippen molar-refractivity contribution in [3.05, 3.63) is 90.5 Å². The van der Waals surface area contributed by atoms with Crippen molar-refractivity contribution in [1.29, 1.82) is 0 Å². The van der Waals surface area contributed by atoms with Gasteiger partial charge in [0.25, 0.3) is 0 Å². The van der Waals surface area contributed by atoms with E-state index < -0.39 is 0 Å². The second-order valence-electron chi connectivity index (χ2n) is 6.71. The first-order chi connectivity index (χ1) is 11.1. The Bertz CT molecular complexity index is 727. The Balaban J connectivity index is 0.00000156. The van der Waals surface area contributed by atoms with Gasteiger partial charge in [0.1, 0.15) is 0 Å². The second kappa shape index (κ2) is 9.42. The van der Waals surface area contributed by atoms with Crippen LogP contribution in [0.3, 0.4) is 0 Å². The fourth-order valence-electron chi connectivity index (χ4n) is 2.61. The van der Waals surface area contributed by atoms with Crippen molar-refractivity contribution in [2.24, 2.45) is 0 Å². The number of hydrogen-bond donors (Lipinski definition) is 0. The molecule has 3 aromatic rings. The minimum Gasteiger partial charge on any atom is -1.00 e. The van der Waals surface area contributed by atoms with Crippen LogP contribution in [0.4, 0.5) is 17.1 Å². The summed E-state index contributed by atoms with van der Waals surface area (Å²) in [5.74, 6) is 0. The molecule has 25 heavy (non-hydrogen) atoms. The number of halogens is 1. The van der Waals surface area contributed by atoms with Gasteiger partial charge in [-0.2, -0.15) is 23.8 Å². The molecule has 0 saturated carbocycles. The predicted molar refractivity (Wildman–Crippen MR) is 104 cm³/mol. The molecule has 0 atom stereocenters. The molecular weight excluding hydrogens is 382 g/mol. The maximum atomic E-state index is 3.61. The molecule has 1 nitrogen and oxygen atoms in total. The third-order valence-corrected chi connectivity index (χ3v) is 3.86. The largest absolute Gasteiger partial charge is 2.00 e. The average Bonchev–Trinajstić information content (AvgIpc) is 2.57. The second-order valence-corrected chi connectivity index (χ2v) is 6.71. The van der Waals surface area contributed by atoms with E-state index >= 15 is 0 Å². The first kappa shape index (κ1) is 21.7. The Hall–Kier alpha value is -1.29. The Kier molecular flexibility index (Phi) is 8.19. The third kappa shape index (κ3) is 5.34. The molecule has 0 radical (unpaired) electrons. The summed E-state index contributed by atoms with van der Waals surface area (Å²) in [6.45, 7) is 6.66. The van der Waals surface area contributed by atoms with E-state index in [-0.39, 0.29) is 45.4 Å². The van der Waals surface area contributed by atoms with E-state index in [1.807, 2.05) is 12.1 Å². The Morgan fingerprint density at radius 3 is 1.60 bits per heavy atom. The molecule has 0 amide bonds. The molecule has 0 N–H and O–H groups in total. The van der Waals surface area contributed by atoms with Crippen LogP contribution in [0, 0.1) is 6.07 Å². The normalized spacial score (nSPS) is 10.4. The van der Waals surface area contributed by atoms with Crippen LogP contribution in [-0.2, 0) is 5.41 Å². The zero-order valence-electron chi connectivity index (χ0n) is 15.0. The van der Waals surface area contributed by atoms with Crippen LogP contribution in [-0.4, -0.2) is 23.1 Å². The minimum atomic E-state index is 0. The molecule has 0 spiro atoms. The van der Waals surface area contributed by atoms with E-state index in [1.165, 1.54) is 5.56 Å². The first-order valence-corrected chi connectivity index (χ1v) is 7.99. The first-order valence-electron chi connectivity index (χ1n) is 7.99. The number of nitrogens with zero attached hydrogens (tertiary/aromatic N) is 1. The van der Waals surface area contributed by atoms with E-state index in [4.69, 9.17) is 0 Å². The average molecular weight is 405 g/mol. The van der Waals surface area contributed by atoms with Gasteiger partial charge in [0.15, 0.2) is 0 Å². The fraction of sp³-hybridized carbons (Fsp3) is 0.182. The summed E-state index contributed by atoms with van der Waals surface area (Å²) in [4.78, 5) is 2.25. The van der Waals surface area contributed by atoms with Gasteiger partial charge in [-0.1, -0.05) is 62.9 Å². The van der Waals surface area contributed by atoms with Crippen LogP contribution >= 0.6 is 0 Å². The SMILES string of the molecule is CC(C)(C)c1[c-]c(N(c2ccccc2)c2ccccc2)ccc1.[Br-].[Mg+2]. The summed E-state index contributed by atoms with van der Waals surface area (Å²) in [7, 11) is 0. The molecule has 3 heteroatoms. The van der Waals surface area contributed by atoms with Crippen molar-refractivity contribution in [3.8, 4) is 0 Å². The van der Waals surface area contributed by atoms with Crippen LogP contribution in [0.1, 0.15) is 26.3 Å². The molecule has 0 unspecified atom stereocenters. The molecule has 0 aliphatic heterocycles. The molecule has 124 valence electrons. The van der Waals surface area contributed by atoms with Gasteiger partial charge in [-0.3, -0.25) is 0 Å². The molecule has 0 aliphatic carbocycles. The minimum absolute atomic E-state index is 0. The number of para-hydroxylation sites is 2. The van der Waals surface area contributed by atoms with Crippen molar-refractivity contribution in [1.82, 2.24) is 0 Å². The van der Waals surface area contributed by atoms with Crippen LogP contribution < -0.4 is 21.9 Å². The summed E-state index contributed by atoms with van der Waals surface area (Å²) in [5, 5.41) is 0. The van der Waals surface area contributed by atoms with E-state index in [9.17, 15) is 0 Å². The summed E-state index contributed by atoms with van der Waals surface area (Å²) < 4.78 is 0. The maximum absolute atomic E-state index is 3.61. The van der Waals surface area contributed by atoms with E-state index in [1.54, 1.807) is 0 Å². The summed E-state index contributed by atoms with van der Waals surface area (Å²) in [6, 6.07) is 30.9. The molecule has 0 bridgehead atoms. The molecule has 3 rings (SSSR count). The Morgan fingerprint density at radius 2 is 1.16 bits per heavy atom. The molecule has 3 aromatic carbocycles. The summed E-state index contributed by atoms with van der Waals surface area (Å²) in [6.07, 6.45) is 0. The van der Waals surface area contributed by atoms with E-state index in [0.717, 1.165) is 17.1 Å². The molecule has 0 aliphatic rings. The van der Waals surface area contributed by atoms with Gasteiger partial charge in [0.2, 0.25) is 0 Å². The van der Waals surface area contributed by atoms with Gasteiger partial charge in [-0.15, -0.1) is 6.07 Å². The quantitative estimate of drug-likeness (QED) is 0.479. The van der Waals surface area contributed by atoms with Gasteiger partial charge in [-0.25, -0.2) is 0 Å². The Labute approximate surface area is 178 Å². The van der Waals surface area contributed by atoms with Crippen molar-refractivity contribution in [2.75, 3.05) is 4.90 Å². The van der Waals surface area contributed by atoms with Crippen molar-refractivity contribution >= 4 is 40.1 Å². The van der Waals surface area contributed by atoms with Gasteiger partial charge in [0.05, 0.1) is 0 Å². The standard InChI is InChI=1S/C22H22N.BrH.Mg/c1-22(2,3)18-11-10-16-21(17-18)23(19-12-6-4-7-13-19)20-14-8-5-9-15-20;;/h4-16H,1-3H3;1H;/q-1;;+2/p-1. The van der Waals surface area contributed by atoms with Crippen LogP contribution in [0.5, 0.6) is 0 Å². The topological polar surface area (TPSA) is 3.24 Å². The van der Waals surface area contributed by atoms with Crippen LogP contribution in [0.25, 0.3) is 0 Å². The number of anilines is 3. The number of benzene rings is 3. The van der Waals surface area contributed by atoms with Crippen molar-refractivity contribution in [3.63, 3.8) is 0 Å². The van der Waals surface area contributed by atoms with E-state index in [2.05, 4.69) is 98.5 Å². The van der Waals surface area contributed by atoms with Crippen molar-refractivity contribution in [2.45, 2.75) is 26.2 Å². The predicted octanol–water partition coefficient (Wildman–Crippen LogP) is 2.88. The molecule has 0 fully saturated rings. The molecule has 0 aromatic heterocycles. The fourth-order valence-corrected chi connectivity index (χ4v) is 2.61. The number of rotatable bonds is 3. The van der Waals surface area contributed by atoms with Crippen molar-refractivity contribution < 1.29 is 17.0 Å². The third-order valence-electron chi connectivity index (χ3n) is 3.86. The maximum Gasteiger partial charge on any atom is 2.00 e. The molecule has 0 heterocycles. The van der Waals surface area contributed by atoms with Gasteiger partial charge in [0, 0.05) is 11.4 Å². The monoisotopic (exact) mass is 403 g/mol. The zero-order valence-corrected chi connectivity index (χ0v) is 18.0. The zero-order chi connectivity index (χ0) is 16.3. The van der Waals surface area contributed by atoms with E-state index in [0.29, 0.717) is 0 Å². The Morgan fingerprint density at radius 1 is 0.680 bits per heavy atom. The summed E-state index contributed by atoms with van der Waals surface area (Å²) >= 11 is 0. The number of hydrogen-bond acceptors (Lipinski definition) is 1. The van der Waals surface area contributed by atoms with Gasteiger partial charge in [-0.05, 0) is 29.7 Å². The smallest absolute Gasteiger partial charge is 1.00 e. The van der Waals surface area contributed by atoms with Gasteiger partial charge >= 0.3 is 23.1 Å². The van der Waals surface area contributed by atoms with Crippen LogP contribution in [0.2, 0.25) is 0 Å². The van der Waals surface area contributed by atoms with Crippen LogP contribution in [0.15, 0.2) is 78.9 Å². The van der Waals surface area contributed by atoms with Gasteiger partial charge < -0.3 is 21.9 Å². The molecular formula is C22H22BrMgN. The summed E-state index contributed by atoms with van der Waals surface area (Å²) in [5.41, 5.74) is 4.64.